The van der Waals surface area contributed by atoms with Gasteiger partial charge in [-0.15, -0.1) is 0 Å². The van der Waals surface area contributed by atoms with Gasteiger partial charge in [0.25, 0.3) is 5.91 Å². The van der Waals surface area contributed by atoms with Crippen molar-refractivity contribution in [1.82, 2.24) is 5.32 Å². The average Bonchev–Trinajstić information content (AvgIpc) is 2.32. The highest BCUT2D eigenvalue weighted by Crippen LogP contribution is 2.16. The third-order valence-corrected chi connectivity index (χ3v) is 2.86. The van der Waals surface area contributed by atoms with E-state index >= 15 is 0 Å². The summed E-state index contributed by atoms with van der Waals surface area (Å²) >= 11 is 5.82. The first-order valence-electron chi connectivity index (χ1n) is 5.94. The summed E-state index contributed by atoms with van der Waals surface area (Å²) in [7, 11) is 0. The normalized spacial score (nSPS) is 11.9. The van der Waals surface area contributed by atoms with E-state index in [2.05, 4.69) is 5.32 Å². The van der Waals surface area contributed by atoms with Crippen LogP contribution in [0.4, 0.5) is 5.69 Å². The van der Waals surface area contributed by atoms with Crippen molar-refractivity contribution in [1.29, 1.82) is 0 Å². The van der Waals surface area contributed by atoms with Crippen molar-refractivity contribution in [3.8, 4) is 0 Å². The number of nitrogens with two attached hydrogens (primary N) is 1. The number of nitrogens with one attached hydrogen (secondary N) is 1. The Bertz CT molecular complexity index is 457. The summed E-state index contributed by atoms with van der Waals surface area (Å²) in [5, 5.41) is 11.7. The van der Waals surface area contributed by atoms with Gasteiger partial charge in [0.1, 0.15) is 0 Å². The number of nitrogen functional groups attached to an aromatic ring is 1. The molecule has 1 unspecified atom stereocenters. The average molecular weight is 285 g/mol. The molecule has 1 amide bonds. The molecule has 5 nitrogen and oxygen atoms in total. The van der Waals surface area contributed by atoms with Crippen LogP contribution in [0.15, 0.2) is 18.2 Å². The molecule has 6 heteroatoms. The third kappa shape index (κ3) is 5.61. The van der Waals surface area contributed by atoms with Crippen molar-refractivity contribution in [3.63, 3.8) is 0 Å². The molecule has 0 saturated heterocycles. The van der Waals surface area contributed by atoms with E-state index in [0.717, 1.165) is 0 Å². The first-order chi connectivity index (χ1) is 8.88. The predicted octanol–water partition coefficient (Wildman–Crippen LogP) is 2.15. The molecule has 0 fully saturated rings. The van der Waals surface area contributed by atoms with Crippen molar-refractivity contribution in [2.75, 3.05) is 12.3 Å². The lowest BCUT2D eigenvalue weighted by Crippen LogP contribution is -2.28. The second kappa shape index (κ2) is 6.99. The lowest BCUT2D eigenvalue weighted by atomic mass is 10.1. The predicted molar refractivity (Wildman–Crippen MR) is 74.2 cm³/mol. The minimum Gasteiger partial charge on any atom is -0.481 e. The lowest BCUT2D eigenvalue weighted by molar-refractivity contribution is -0.137. The van der Waals surface area contributed by atoms with E-state index in [4.69, 9.17) is 22.4 Å². The smallest absolute Gasteiger partial charge is 0.303 e. The first kappa shape index (κ1) is 15.3. The number of rotatable bonds is 6. The maximum Gasteiger partial charge on any atom is 0.303 e. The van der Waals surface area contributed by atoms with Crippen LogP contribution in [0.1, 0.15) is 30.1 Å². The molecule has 1 atom stereocenters. The molecule has 0 aliphatic carbocycles. The molecule has 0 saturated carbocycles. The van der Waals surface area contributed by atoms with Gasteiger partial charge < -0.3 is 16.2 Å². The van der Waals surface area contributed by atoms with E-state index in [9.17, 15) is 9.59 Å². The molecular weight excluding hydrogens is 268 g/mol. The Morgan fingerprint density at radius 1 is 1.42 bits per heavy atom. The SMILES string of the molecule is CC(CCC(=O)O)CNC(=O)c1cc(N)cc(Cl)c1. The Morgan fingerprint density at radius 3 is 2.68 bits per heavy atom. The fraction of sp³-hybridized carbons (Fsp3) is 0.385. The van der Waals surface area contributed by atoms with Gasteiger partial charge in [-0.3, -0.25) is 9.59 Å². The van der Waals surface area contributed by atoms with E-state index in [1.807, 2.05) is 6.92 Å². The van der Waals surface area contributed by atoms with Crippen LogP contribution in [0, 0.1) is 5.92 Å². The number of anilines is 1. The third-order valence-electron chi connectivity index (χ3n) is 2.64. The zero-order chi connectivity index (χ0) is 14.4. The summed E-state index contributed by atoms with van der Waals surface area (Å²) in [6, 6.07) is 4.64. The maximum absolute atomic E-state index is 11.9. The van der Waals surface area contributed by atoms with Gasteiger partial charge in [0.15, 0.2) is 0 Å². The number of halogens is 1. The topological polar surface area (TPSA) is 92.4 Å². The van der Waals surface area contributed by atoms with Crippen LogP contribution in [0.25, 0.3) is 0 Å². The fourth-order valence-electron chi connectivity index (χ4n) is 1.58. The number of hydrogen-bond acceptors (Lipinski definition) is 3. The number of aliphatic carboxylic acids is 1. The van der Waals surface area contributed by atoms with Crippen molar-refractivity contribution in [2.24, 2.45) is 5.92 Å². The molecule has 0 heterocycles. The van der Waals surface area contributed by atoms with E-state index < -0.39 is 5.97 Å². The highest BCUT2D eigenvalue weighted by molar-refractivity contribution is 6.31. The minimum absolute atomic E-state index is 0.0941. The molecule has 104 valence electrons. The van der Waals surface area contributed by atoms with Gasteiger partial charge in [0, 0.05) is 29.2 Å². The molecule has 0 aliphatic heterocycles. The molecule has 19 heavy (non-hydrogen) atoms. The van der Waals surface area contributed by atoms with E-state index in [0.29, 0.717) is 29.2 Å². The number of carboxylic acids is 1. The van der Waals surface area contributed by atoms with Crippen molar-refractivity contribution < 1.29 is 14.7 Å². The highest BCUT2D eigenvalue weighted by Gasteiger charge is 2.10. The summed E-state index contributed by atoms with van der Waals surface area (Å²) in [6.07, 6.45) is 0.619. The molecule has 0 aromatic heterocycles. The van der Waals surface area contributed by atoms with Gasteiger partial charge in [0.05, 0.1) is 0 Å². The highest BCUT2D eigenvalue weighted by atomic mass is 35.5. The second-order valence-electron chi connectivity index (χ2n) is 4.52. The zero-order valence-corrected chi connectivity index (χ0v) is 11.4. The van der Waals surface area contributed by atoms with Gasteiger partial charge in [-0.05, 0) is 30.5 Å². The van der Waals surface area contributed by atoms with Gasteiger partial charge in [-0.1, -0.05) is 18.5 Å². The number of amides is 1. The number of carbonyl (C=O) groups is 2. The van der Waals surface area contributed by atoms with Crippen LogP contribution in [0.3, 0.4) is 0 Å². The first-order valence-corrected chi connectivity index (χ1v) is 6.32. The Balaban J connectivity index is 2.48. The summed E-state index contributed by atoms with van der Waals surface area (Å²) in [5.74, 6) is -1.01. The lowest BCUT2D eigenvalue weighted by Gasteiger charge is -2.12. The van der Waals surface area contributed by atoms with Gasteiger partial charge in [-0.25, -0.2) is 0 Å². The second-order valence-corrected chi connectivity index (χ2v) is 4.96. The zero-order valence-electron chi connectivity index (χ0n) is 10.6. The number of carbonyl (C=O) groups excluding carboxylic acids is 1. The molecule has 0 bridgehead atoms. The van der Waals surface area contributed by atoms with E-state index in [-0.39, 0.29) is 18.2 Å². The fourth-order valence-corrected chi connectivity index (χ4v) is 1.83. The Morgan fingerprint density at radius 2 is 2.11 bits per heavy atom. The largest absolute Gasteiger partial charge is 0.481 e. The Hall–Kier alpha value is -1.75. The van der Waals surface area contributed by atoms with Gasteiger partial charge in [-0.2, -0.15) is 0 Å². The molecular formula is C13H17ClN2O3. The van der Waals surface area contributed by atoms with Crippen LogP contribution in [0.2, 0.25) is 5.02 Å². The standard InChI is InChI=1S/C13H17ClN2O3/c1-8(2-3-12(17)18)7-16-13(19)9-4-10(14)6-11(15)5-9/h4-6,8H,2-3,7,15H2,1H3,(H,16,19)(H,17,18). The summed E-state index contributed by atoms with van der Waals surface area (Å²) in [4.78, 5) is 22.3. The van der Waals surface area contributed by atoms with Crippen molar-refractivity contribution in [2.45, 2.75) is 19.8 Å². The molecule has 0 spiro atoms. The van der Waals surface area contributed by atoms with E-state index in [1.54, 1.807) is 12.1 Å². The Kier molecular flexibility index (Phi) is 5.63. The molecule has 1 aromatic carbocycles. The Labute approximate surface area is 116 Å². The quantitative estimate of drug-likeness (QED) is 0.698. The van der Waals surface area contributed by atoms with Gasteiger partial charge in [0.2, 0.25) is 0 Å². The molecule has 0 aliphatic rings. The van der Waals surface area contributed by atoms with Crippen LogP contribution < -0.4 is 11.1 Å². The number of hydrogen-bond donors (Lipinski definition) is 3. The summed E-state index contributed by atoms with van der Waals surface area (Å²) in [5.41, 5.74) is 6.43. The molecule has 0 radical (unpaired) electrons. The summed E-state index contributed by atoms with van der Waals surface area (Å²) < 4.78 is 0. The van der Waals surface area contributed by atoms with Crippen LogP contribution in [-0.4, -0.2) is 23.5 Å². The van der Waals surface area contributed by atoms with Crippen LogP contribution in [-0.2, 0) is 4.79 Å². The summed E-state index contributed by atoms with van der Waals surface area (Å²) in [6.45, 7) is 2.30. The van der Waals surface area contributed by atoms with Crippen molar-refractivity contribution in [3.05, 3.63) is 28.8 Å². The minimum atomic E-state index is -0.833. The molecule has 4 N–H and O–H groups in total. The van der Waals surface area contributed by atoms with Gasteiger partial charge >= 0.3 is 5.97 Å². The van der Waals surface area contributed by atoms with Crippen LogP contribution in [0.5, 0.6) is 0 Å². The van der Waals surface area contributed by atoms with Crippen LogP contribution >= 0.6 is 11.6 Å². The van der Waals surface area contributed by atoms with E-state index in [1.165, 1.54) is 6.07 Å². The van der Waals surface area contributed by atoms with Crippen molar-refractivity contribution >= 4 is 29.2 Å². The molecule has 1 aromatic rings. The number of benzene rings is 1. The maximum atomic E-state index is 11.9. The monoisotopic (exact) mass is 284 g/mol. The number of carboxylic acid groups (broad SMARTS) is 1. The molecule has 1 rings (SSSR count).